The zero-order chi connectivity index (χ0) is 55.8. The quantitative estimate of drug-likeness (QED) is 0.0874. The van der Waals surface area contributed by atoms with Crippen molar-refractivity contribution < 1.29 is 0 Å². The van der Waals surface area contributed by atoms with Crippen LogP contribution in [0.2, 0.25) is 0 Å². The average Bonchev–Trinajstić information content (AvgIpc) is 3.52. The average molecular weight is 1020 g/mol. The van der Waals surface area contributed by atoms with Crippen molar-refractivity contribution in [3.8, 4) is 35.5 Å². The summed E-state index contributed by atoms with van der Waals surface area (Å²) in [5, 5.41) is 4.23. The van der Waals surface area contributed by atoms with Gasteiger partial charge in [-0.2, -0.15) is 0 Å². The minimum Gasteiger partial charge on any atom is -0.378 e. The Morgan fingerprint density at radius 2 is 0.582 bits per heavy atom. The second kappa shape index (κ2) is 22.4. The molecule has 0 radical (unpaired) electrons. The van der Waals surface area contributed by atoms with E-state index in [-0.39, 0.29) is 13.4 Å². The van der Waals surface area contributed by atoms with Gasteiger partial charge in [-0.05, 0) is 171 Å². The van der Waals surface area contributed by atoms with E-state index in [2.05, 4.69) is 301 Å². The maximum Gasteiger partial charge on any atom is 0.242 e. The summed E-state index contributed by atoms with van der Waals surface area (Å²) in [6.07, 6.45) is 0. The summed E-state index contributed by atoms with van der Waals surface area (Å²) in [7, 11) is 4.12. The van der Waals surface area contributed by atoms with Gasteiger partial charge in [-0.25, -0.2) is 0 Å². The first-order valence-corrected chi connectivity index (χ1v) is 27.7. The van der Waals surface area contributed by atoms with Crippen molar-refractivity contribution in [2.75, 3.05) is 19.0 Å². The van der Waals surface area contributed by atoms with Crippen molar-refractivity contribution >= 4 is 73.4 Å². The predicted octanol–water partition coefficient (Wildman–Crippen LogP) is 13.0. The fourth-order valence-electron chi connectivity index (χ4n) is 12.8. The smallest absolute Gasteiger partial charge is 0.242 e. The second-order valence-corrected chi connectivity index (χ2v) is 22.6. The number of nitrogens with zero attached hydrogens (tertiary/aromatic N) is 1. The first-order valence-electron chi connectivity index (χ1n) is 27.7. The molecule has 1 nitrogen and oxygen atoms in total. The van der Waals surface area contributed by atoms with Crippen LogP contribution in [0.4, 0.5) is 5.69 Å². The van der Waals surface area contributed by atoms with E-state index in [0.717, 1.165) is 60.6 Å². The van der Waals surface area contributed by atoms with Crippen molar-refractivity contribution in [3.05, 3.63) is 264 Å². The Labute approximate surface area is 472 Å². The lowest BCUT2D eigenvalue weighted by Gasteiger charge is -2.24. The molecule has 0 unspecified atom stereocenters. The summed E-state index contributed by atoms with van der Waals surface area (Å²) in [4.78, 5) is 2.11. The molecular formula is C76H69B2N. The lowest BCUT2D eigenvalue weighted by molar-refractivity contribution is 1.13. The molecule has 0 aliphatic carbocycles. The third-order valence-corrected chi connectivity index (χ3v) is 16.0. The van der Waals surface area contributed by atoms with Crippen LogP contribution in [0, 0.1) is 119 Å². The summed E-state index contributed by atoms with van der Waals surface area (Å²) < 4.78 is 0. The lowest BCUT2D eigenvalue weighted by Crippen LogP contribution is -2.55. The summed E-state index contributed by atoms with van der Waals surface area (Å²) in [5.41, 5.74) is 30.7. The van der Waals surface area contributed by atoms with Crippen LogP contribution in [0.5, 0.6) is 0 Å². The van der Waals surface area contributed by atoms with Crippen LogP contribution >= 0.6 is 0 Å². The van der Waals surface area contributed by atoms with Gasteiger partial charge in [-0.1, -0.05) is 232 Å². The zero-order valence-corrected chi connectivity index (χ0v) is 48.7. The fraction of sp³-hybridized carbons (Fsp3) is 0.184. The molecule has 0 N–H and O–H groups in total. The van der Waals surface area contributed by atoms with E-state index < -0.39 is 0 Å². The zero-order valence-electron chi connectivity index (χ0n) is 48.7. The third kappa shape index (κ3) is 11.1. The number of aryl methyl sites for hydroxylation is 12. The predicted molar refractivity (Wildman–Crippen MR) is 345 cm³/mol. The summed E-state index contributed by atoms with van der Waals surface area (Å²) in [6.45, 7) is 27.1. The minimum absolute atomic E-state index is 0.0967. The SMILES string of the molecule is Cc1cc(C)c(B(c2ccc(C#Cc3cccc4c(C#Cc5ccc(N(C)C)cc5)c5cccc(C#Cc6ccc(B(c7c(C)cc(C)cc7C)c7c(C)cc(C)cc7C)cc6)c5cc34)cc2)c2c(C)cc(C)cc2C)c(C)c1. The molecule has 10 aromatic carbocycles. The van der Waals surface area contributed by atoms with Crippen LogP contribution in [0.1, 0.15) is 100 Å². The van der Waals surface area contributed by atoms with E-state index in [1.807, 2.05) is 0 Å². The summed E-state index contributed by atoms with van der Waals surface area (Å²) >= 11 is 0. The van der Waals surface area contributed by atoms with Gasteiger partial charge in [0.05, 0.1) is 0 Å². The van der Waals surface area contributed by atoms with Crippen molar-refractivity contribution in [2.45, 2.75) is 83.1 Å². The molecule has 384 valence electrons. The first kappa shape index (κ1) is 53.7. The van der Waals surface area contributed by atoms with E-state index >= 15 is 0 Å². The number of fused-ring (bicyclic) bond motifs is 2. The van der Waals surface area contributed by atoms with Gasteiger partial charge in [0.1, 0.15) is 0 Å². The molecule has 3 heteroatoms. The Bertz CT molecular complexity index is 3790. The number of anilines is 1. The normalized spacial score (nSPS) is 10.9. The molecule has 0 aliphatic rings. The first-order chi connectivity index (χ1) is 37.9. The van der Waals surface area contributed by atoms with Gasteiger partial charge < -0.3 is 4.90 Å². The van der Waals surface area contributed by atoms with Gasteiger partial charge in [0.2, 0.25) is 13.4 Å². The maximum atomic E-state index is 3.67. The molecule has 0 heterocycles. The summed E-state index contributed by atoms with van der Waals surface area (Å²) in [6, 6.07) is 60.1. The highest BCUT2D eigenvalue weighted by molar-refractivity contribution is 6.97. The van der Waals surface area contributed by atoms with Crippen LogP contribution in [0.25, 0.3) is 21.5 Å². The molecule has 0 aromatic heterocycles. The molecule has 10 rings (SSSR count). The van der Waals surface area contributed by atoms with Crippen LogP contribution in [-0.4, -0.2) is 27.5 Å². The maximum absolute atomic E-state index is 3.67. The Balaban J connectivity index is 1.07. The van der Waals surface area contributed by atoms with Crippen LogP contribution < -0.4 is 37.7 Å². The molecule has 10 aromatic rings. The number of rotatable bonds is 7. The molecule has 79 heavy (non-hydrogen) atoms. The van der Waals surface area contributed by atoms with Crippen molar-refractivity contribution in [1.82, 2.24) is 0 Å². The molecule has 0 saturated heterocycles. The minimum atomic E-state index is 0.0967. The van der Waals surface area contributed by atoms with E-state index in [4.69, 9.17) is 0 Å². The van der Waals surface area contributed by atoms with E-state index in [0.29, 0.717) is 0 Å². The molecule has 0 aliphatic heterocycles. The van der Waals surface area contributed by atoms with Gasteiger partial charge in [0, 0.05) is 53.2 Å². The highest BCUT2D eigenvalue weighted by Crippen LogP contribution is 2.32. The third-order valence-electron chi connectivity index (χ3n) is 16.0. The van der Waals surface area contributed by atoms with Gasteiger partial charge >= 0.3 is 0 Å². The van der Waals surface area contributed by atoms with E-state index in [1.165, 1.54) is 99.5 Å². The molecule has 0 spiro atoms. The molecule has 0 atom stereocenters. The number of hydrogen-bond acceptors (Lipinski definition) is 1. The van der Waals surface area contributed by atoms with Crippen molar-refractivity contribution in [3.63, 3.8) is 0 Å². The standard InChI is InChI=1S/C76H69B2N/c1-48-39-52(5)73(53(6)40-48)77(74-54(7)41-49(2)42-55(74)8)65-32-23-60(24-33-65)21-30-63-17-15-19-68-70(38-29-62-27-36-67(37-28-62)79(13)14)69-20-16-18-64(72(69)47-71(63)68)31-22-61-25-34-66(35-26-61)78(75-56(9)43-50(3)44-57(75)10)76-58(11)45-51(4)46-59(76)12/h15-20,23-28,32-37,39-47H,1-14H3. The Kier molecular flexibility index (Phi) is 15.2. The monoisotopic (exact) mass is 1020 g/mol. The molecular weight excluding hydrogens is 948 g/mol. The van der Waals surface area contributed by atoms with Crippen molar-refractivity contribution in [1.29, 1.82) is 0 Å². The topological polar surface area (TPSA) is 3.24 Å². The lowest BCUT2D eigenvalue weighted by atomic mass is 9.34. The van der Waals surface area contributed by atoms with Crippen LogP contribution in [0.3, 0.4) is 0 Å². The van der Waals surface area contributed by atoms with E-state index in [1.54, 1.807) is 0 Å². The van der Waals surface area contributed by atoms with Crippen LogP contribution in [0.15, 0.2) is 164 Å². The number of hydrogen-bond donors (Lipinski definition) is 0. The molecule has 0 fully saturated rings. The number of benzene rings is 10. The molecule has 0 amide bonds. The van der Waals surface area contributed by atoms with Gasteiger partial charge in [0.25, 0.3) is 0 Å². The fourth-order valence-corrected chi connectivity index (χ4v) is 12.8. The molecule has 0 bridgehead atoms. The highest BCUT2D eigenvalue weighted by Gasteiger charge is 2.30. The summed E-state index contributed by atoms with van der Waals surface area (Å²) in [5.74, 6) is 21.7. The van der Waals surface area contributed by atoms with Gasteiger partial charge in [0.15, 0.2) is 0 Å². The van der Waals surface area contributed by atoms with Crippen molar-refractivity contribution in [2.24, 2.45) is 0 Å². The Morgan fingerprint density at radius 3 is 0.886 bits per heavy atom. The van der Waals surface area contributed by atoms with Gasteiger partial charge in [-0.15, -0.1) is 0 Å². The van der Waals surface area contributed by atoms with Crippen LogP contribution in [-0.2, 0) is 0 Å². The Hall–Kier alpha value is -8.67. The molecule has 0 saturated carbocycles. The van der Waals surface area contributed by atoms with Gasteiger partial charge in [-0.3, -0.25) is 0 Å². The second-order valence-electron chi connectivity index (χ2n) is 22.6. The Morgan fingerprint density at radius 1 is 0.291 bits per heavy atom. The highest BCUT2D eigenvalue weighted by atomic mass is 15.1. The largest absolute Gasteiger partial charge is 0.378 e. The van der Waals surface area contributed by atoms with E-state index in [9.17, 15) is 0 Å².